The van der Waals surface area contributed by atoms with Gasteiger partial charge in [0.2, 0.25) is 0 Å². The van der Waals surface area contributed by atoms with E-state index in [2.05, 4.69) is 26.0 Å². The van der Waals surface area contributed by atoms with Crippen molar-refractivity contribution in [2.75, 3.05) is 11.8 Å². The molecule has 21 heavy (non-hydrogen) atoms. The normalized spacial score (nSPS) is 11.4. The molecule has 0 bridgehead atoms. The summed E-state index contributed by atoms with van der Waals surface area (Å²) in [7, 11) is -2.01. The maximum atomic E-state index is 13.1. The van der Waals surface area contributed by atoms with Gasteiger partial charge in [-0.2, -0.15) is 0 Å². The van der Waals surface area contributed by atoms with Crippen molar-refractivity contribution in [3.05, 3.63) is 58.3 Å². The Labute approximate surface area is 131 Å². The lowest BCUT2D eigenvalue weighted by atomic mass is 10.2. The van der Waals surface area contributed by atoms with Gasteiger partial charge >= 0.3 is 0 Å². The Hall–Kier alpha value is -1.44. The highest BCUT2D eigenvalue weighted by atomic mass is 79.9. The first kappa shape index (κ1) is 15.9. The van der Waals surface area contributed by atoms with E-state index in [1.165, 1.54) is 18.2 Å². The van der Waals surface area contributed by atoms with Crippen LogP contribution in [-0.4, -0.2) is 15.5 Å². The van der Waals surface area contributed by atoms with E-state index in [1.54, 1.807) is 19.2 Å². The van der Waals surface area contributed by atoms with E-state index < -0.39 is 15.8 Å². The first-order valence-electron chi connectivity index (χ1n) is 6.14. The van der Waals surface area contributed by atoms with Crippen molar-refractivity contribution in [3.8, 4) is 0 Å². The largest absolute Gasteiger partial charge is 0.316 e. The molecular formula is C14H14BrFN2O2S. The second-order valence-electron chi connectivity index (χ2n) is 4.41. The zero-order chi connectivity index (χ0) is 15.5. The minimum absolute atomic E-state index is 0.111. The van der Waals surface area contributed by atoms with E-state index in [4.69, 9.17) is 0 Å². The van der Waals surface area contributed by atoms with Crippen LogP contribution in [0.5, 0.6) is 0 Å². The van der Waals surface area contributed by atoms with Crippen LogP contribution < -0.4 is 10.0 Å². The molecule has 2 rings (SSSR count). The fourth-order valence-corrected chi connectivity index (χ4v) is 3.89. The number of sulfonamides is 1. The van der Waals surface area contributed by atoms with Gasteiger partial charge in [0.05, 0.1) is 5.69 Å². The maximum Gasteiger partial charge on any atom is 0.263 e. The minimum Gasteiger partial charge on any atom is -0.316 e. The van der Waals surface area contributed by atoms with Crippen LogP contribution in [0.2, 0.25) is 0 Å². The third kappa shape index (κ3) is 4.03. The van der Waals surface area contributed by atoms with Crippen LogP contribution in [0.25, 0.3) is 0 Å². The summed E-state index contributed by atoms with van der Waals surface area (Å²) < 4.78 is 40.8. The predicted octanol–water partition coefficient (Wildman–Crippen LogP) is 3.11. The van der Waals surface area contributed by atoms with Crippen molar-refractivity contribution in [2.45, 2.75) is 11.4 Å². The number of benzene rings is 2. The summed E-state index contributed by atoms with van der Waals surface area (Å²) in [6.07, 6.45) is 0. The molecule has 0 spiro atoms. The standard InChI is InChI=1S/C14H14BrFN2O2S/c1-17-9-10-5-6-13(15)14(7-10)21(19,20)18-12-4-2-3-11(16)8-12/h2-8,17-18H,9H2,1H3. The monoisotopic (exact) mass is 372 g/mol. The number of anilines is 1. The predicted molar refractivity (Wildman–Crippen MR) is 84.1 cm³/mol. The van der Waals surface area contributed by atoms with Gasteiger partial charge in [-0.3, -0.25) is 4.72 Å². The molecule has 0 atom stereocenters. The van der Waals surface area contributed by atoms with E-state index in [1.807, 2.05) is 6.07 Å². The summed E-state index contributed by atoms with van der Waals surface area (Å²) >= 11 is 3.23. The second kappa shape index (κ2) is 6.55. The number of hydrogen-bond acceptors (Lipinski definition) is 3. The van der Waals surface area contributed by atoms with Crippen LogP contribution in [0.4, 0.5) is 10.1 Å². The molecule has 0 aliphatic carbocycles. The van der Waals surface area contributed by atoms with Gasteiger partial charge in [-0.25, -0.2) is 12.8 Å². The van der Waals surface area contributed by atoms with Crippen molar-refractivity contribution < 1.29 is 12.8 Å². The quantitative estimate of drug-likeness (QED) is 0.847. The van der Waals surface area contributed by atoms with Crippen LogP contribution >= 0.6 is 15.9 Å². The van der Waals surface area contributed by atoms with Crippen LogP contribution in [0.1, 0.15) is 5.56 Å². The van der Waals surface area contributed by atoms with Gasteiger partial charge in [0.15, 0.2) is 0 Å². The lowest BCUT2D eigenvalue weighted by molar-refractivity contribution is 0.600. The van der Waals surface area contributed by atoms with Crippen molar-refractivity contribution in [1.82, 2.24) is 5.32 Å². The zero-order valence-electron chi connectivity index (χ0n) is 11.2. The number of nitrogens with one attached hydrogen (secondary N) is 2. The van der Waals surface area contributed by atoms with Gasteiger partial charge in [-0.15, -0.1) is 0 Å². The lowest BCUT2D eigenvalue weighted by Gasteiger charge is -2.11. The molecule has 7 heteroatoms. The average molecular weight is 373 g/mol. The Morgan fingerprint density at radius 2 is 1.95 bits per heavy atom. The molecule has 0 fully saturated rings. The van der Waals surface area contributed by atoms with Crippen LogP contribution in [0, 0.1) is 5.82 Å². The van der Waals surface area contributed by atoms with E-state index >= 15 is 0 Å². The molecule has 0 amide bonds. The van der Waals surface area contributed by atoms with Crippen molar-refractivity contribution in [3.63, 3.8) is 0 Å². The fraction of sp³-hybridized carbons (Fsp3) is 0.143. The molecular weight excluding hydrogens is 359 g/mol. The van der Waals surface area contributed by atoms with E-state index in [9.17, 15) is 12.8 Å². The van der Waals surface area contributed by atoms with Gasteiger partial charge in [0, 0.05) is 11.0 Å². The summed E-state index contributed by atoms with van der Waals surface area (Å²) in [5.41, 5.74) is 1.02. The van der Waals surface area contributed by atoms with Gasteiger partial charge in [0.1, 0.15) is 10.7 Å². The van der Waals surface area contributed by atoms with Crippen molar-refractivity contribution in [1.29, 1.82) is 0 Å². The molecule has 2 N–H and O–H groups in total. The van der Waals surface area contributed by atoms with E-state index in [0.29, 0.717) is 11.0 Å². The van der Waals surface area contributed by atoms with Gasteiger partial charge in [0.25, 0.3) is 10.0 Å². The third-order valence-corrected chi connectivity index (χ3v) is 5.12. The SMILES string of the molecule is CNCc1ccc(Br)c(S(=O)(=O)Nc2cccc(F)c2)c1. The summed E-state index contributed by atoms with van der Waals surface area (Å²) in [6, 6.07) is 10.4. The Balaban J connectivity index is 2.37. The number of hydrogen-bond donors (Lipinski definition) is 2. The van der Waals surface area contributed by atoms with E-state index in [-0.39, 0.29) is 10.6 Å². The molecule has 2 aromatic rings. The Morgan fingerprint density at radius 3 is 2.62 bits per heavy atom. The maximum absolute atomic E-state index is 13.1. The molecule has 112 valence electrons. The molecule has 0 radical (unpaired) electrons. The molecule has 0 unspecified atom stereocenters. The summed E-state index contributed by atoms with van der Waals surface area (Å²) in [5, 5.41) is 2.96. The Morgan fingerprint density at radius 1 is 1.19 bits per heavy atom. The molecule has 0 heterocycles. The molecule has 0 aliphatic rings. The number of halogens is 2. The van der Waals surface area contributed by atoms with Crippen LogP contribution in [0.3, 0.4) is 0 Å². The highest BCUT2D eigenvalue weighted by Gasteiger charge is 2.18. The number of rotatable bonds is 5. The first-order valence-corrected chi connectivity index (χ1v) is 8.41. The first-order chi connectivity index (χ1) is 9.92. The summed E-state index contributed by atoms with van der Waals surface area (Å²) in [5.74, 6) is -0.502. The topological polar surface area (TPSA) is 58.2 Å². The van der Waals surface area contributed by atoms with Crippen LogP contribution in [-0.2, 0) is 16.6 Å². The Bertz CT molecular complexity index is 750. The second-order valence-corrected chi connectivity index (χ2v) is 6.92. The van der Waals surface area contributed by atoms with Gasteiger partial charge in [-0.1, -0.05) is 12.1 Å². The molecule has 0 saturated heterocycles. The van der Waals surface area contributed by atoms with Gasteiger partial charge < -0.3 is 5.32 Å². The molecule has 0 aromatic heterocycles. The minimum atomic E-state index is -3.79. The summed E-state index contributed by atoms with van der Waals surface area (Å²) in [4.78, 5) is 0.111. The summed E-state index contributed by atoms with van der Waals surface area (Å²) in [6.45, 7) is 0.551. The molecule has 4 nitrogen and oxygen atoms in total. The highest BCUT2D eigenvalue weighted by Crippen LogP contribution is 2.25. The molecule has 0 aliphatic heterocycles. The average Bonchev–Trinajstić information content (AvgIpc) is 2.40. The van der Waals surface area contributed by atoms with Crippen molar-refractivity contribution >= 4 is 31.6 Å². The molecule has 2 aromatic carbocycles. The van der Waals surface area contributed by atoms with Crippen molar-refractivity contribution in [2.24, 2.45) is 0 Å². The third-order valence-electron chi connectivity index (χ3n) is 2.74. The Kier molecular flexibility index (Phi) is 4.97. The highest BCUT2D eigenvalue weighted by molar-refractivity contribution is 9.10. The molecule has 0 saturated carbocycles. The van der Waals surface area contributed by atoms with Gasteiger partial charge in [-0.05, 0) is 58.9 Å². The smallest absolute Gasteiger partial charge is 0.263 e. The zero-order valence-corrected chi connectivity index (χ0v) is 13.6. The lowest BCUT2D eigenvalue weighted by Crippen LogP contribution is -2.15. The fourth-order valence-electron chi connectivity index (χ4n) is 1.83. The van der Waals surface area contributed by atoms with Crippen LogP contribution in [0.15, 0.2) is 51.8 Å². The van der Waals surface area contributed by atoms with E-state index in [0.717, 1.165) is 11.6 Å².